The van der Waals surface area contributed by atoms with E-state index < -0.39 is 6.36 Å². The number of halogens is 4. The van der Waals surface area contributed by atoms with Crippen LogP contribution in [0.4, 0.5) is 13.2 Å². The molecule has 0 aliphatic carbocycles. The number of rotatable bonds is 6. The monoisotopic (exact) mass is 395 g/mol. The fourth-order valence-electron chi connectivity index (χ4n) is 2.97. The Morgan fingerprint density at radius 1 is 1.35 bits per heavy atom. The molecule has 0 spiro atoms. The molecule has 1 aromatic rings. The highest BCUT2D eigenvalue weighted by atomic mass is 35.5. The maximum absolute atomic E-state index is 12.2. The van der Waals surface area contributed by atoms with Gasteiger partial charge in [0, 0.05) is 12.6 Å². The SMILES string of the molecule is CNC1CCCN(CC(=O)NC(C)c2ccc(OC(F)(F)F)cc2)C1.Cl. The highest BCUT2D eigenvalue weighted by molar-refractivity contribution is 5.85. The van der Waals surface area contributed by atoms with Gasteiger partial charge in [-0.2, -0.15) is 0 Å². The lowest BCUT2D eigenvalue weighted by Crippen LogP contribution is -2.48. The van der Waals surface area contributed by atoms with Crippen molar-refractivity contribution >= 4 is 18.3 Å². The second-order valence-corrected chi connectivity index (χ2v) is 6.27. The molecular formula is C17H25ClF3N3O2. The largest absolute Gasteiger partial charge is 0.573 e. The van der Waals surface area contributed by atoms with E-state index in [1.807, 2.05) is 7.05 Å². The van der Waals surface area contributed by atoms with Crippen LogP contribution in [0.25, 0.3) is 0 Å². The number of likely N-dealkylation sites (tertiary alicyclic amines) is 1. The van der Waals surface area contributed by atoms with Crippen LogP contribution in [0.5, 0.6) is 5.75 Å². The molecule has 5 nitrogen and oxygen atoms in total. The summed E-state index contributed by atoms with van der Waals surface area (Å²) in [4.78, 5) is 14.3. The zero-order chi connectivity index (χ0) is 18.4. The van der Waals surface area contributed by atoms with E-state index in [0.29, 0.717) is 12.6 Å². The predicted molar refractivity (Wildman–Crippen MR) is 95.5 cm³/mol. The van der Waals surface area contributed by atoms with Gasteiger partial charge in [0.25, 0.3) is 0 Å². The van der Waals surface area contributed by atoms with E-state index in [2.05, 4.69) is 20.3 Å². The van der Waals surface area contributed by atoms with E-state index in [0.717, 1.165) is 31.5 Å². The first-order valence-electron chi connectivity index (χ1n) is 8.31. The third-order valence-electron chi connectivity index (χ3n) is 4.27. The lowest BCUT2D eigenvalue weighted by atomic mass is 10.1. The van der Waals surface area contributed by atoms with Crippen molar-refractivity contribution in [3.05, 3.63) is 29.8 Å². The molecule has 26 heavy (non-hydrogen) atoms. The normalized spacial score (nSPS) is 19.3. The number of carbonyl (C=O) groups is 1. The molecule has 9 heteroatoms. The molecule has 0 bridgehead atoms. The van der Waals surface area contributed by atoms with Crippen molar-refractivity contribution in [1.29, 1.82) is 0 Å². The molecule has 148 valence electrons. The van der Waals surface area contributed by atoms with Gasteiger partial charge in [-0.15, -0.1) is 25.6 Å². The summed E-state index contributed by atoms with van der Waals surface area (Å²) in [6, 6.07) is 5.63. The van der Waals surface area contributed by atoms with E-state index in [9.17, 15) is 18.0 Å². The van der Waals surface area contributed by atoms with Crippen LogP contribution in [0.1, 0.15) is 31.4 Å². The summed E-state index contributed by atoms with van der Waals surface area (Å²) < 4.78 is 40.3. The fraction of sp³-hybridized carbons (Fsp3) is 0.588. The smallest absolute Gasteiger partial charge is 0.406 e. The van der Waals surface area contributed by atoms with Gasteiger partial charge in [-0.3, -0.25) is 9.69 Å². The van der Waals surface area contributed by atoms with Crippen molar-refractivity contribution in [1.82, 2.24) is 15.5 Å². The van der Waals surface area contributed by atoms with Crippen molar-refractivity contribution in [2.24, 2.45) is 0 Å². The zero-order valence-corrected chi connectivity index (χ0v) is 15.6. The number of carbonyl (C=O) groups excluding carboxylic acids is 1. The van der Waals surface area contributed by atoms with Gasteiger partial charge in [-0.1, -0.05) is 12.1 Å². The van der Waals surface area contributed by atoms with Gasteiger partial charge in [-0.25, -0.2) is 0 Å². The fourth-order valence-corrected chi connectivity index (χ4v) is 2.97. The Kier molecular flexibility index (Phi) is 8.66. The minimum Gasteiger partial charge on any atom is -0.406 e. The summed E-state index contributed by atoms with van der Waals surface area (Å²) in [5.41, 5.74) is 0.717. The molecule has 2 unspecified atom stereocenters. The number of likely N-dealkylation sites (N-methyl/N-ethyl adjacent to an activating group) is 1. The molecule has 0 saturated carbocycles. The average Bonchev–Trinajstić information content (AvgIpc) is 2.54. The maximum Gasteiger partial charge on any atom is 0.573 e. The second kappa shape index (κ2) is 9.99. The molecule has 2 atom stereocenters. The van der Waals surface area contributed by atoms with Crippen LogP contribution in [-0.2, 0) is 4.79 Å². The number of alkyl halides is 3. The topological polar surface area (TPSA) is 53.6 Å². The van der Waals surface area contributed by atoms with Crippen molar-refractivity contribution in [3.63, 3.8) is 0 Å². The Morgan fingerprint density at radius 2 is 2.00 bits per heavy atom. The number of amides is 1. The van der Waals surface area contributed by atoms with Crippen LogP contribution in [0, 0.1) is 0 Å². The Bertz CT molecular complexity index is 569. The second-order valence-electron chi connectivity index (χ2n) is 6.27. The number of hydrogen-bond donors (Lipinski definition) is 2. The summed E-state index contributed by atoms with van der Waals surface area (Å²) in [6.07, 6.45) is -2.55. The molecule has 1 heterocycles. The van der Waals surface area contributed by atoms with Crippen LogP contribution in [0.2, 0.25) is 0 Å². The highest BCUT2D eigenvalue weighted by Gasteiger charge is 2.31. The van der Waals surface area contributed by atoms with Crippen molar-refractivity contribution < 1.29 is 22.7 Å². The minimum absolute atomic E-state index is 0. The lowest BCUT2D eigenvalue weighted by molar-refractivity contribution is -0.274. The van der Waals surface area contributed by atoms with E-state index >= 15 is 0 Å². The summed E-state index contributed by atoms with van der Waals surface area (Å²) >= 11 is 0. The minimum atomic E-state index is -4.71. The molecule has 2 N–H and O–H groups in total. The third kappa shape index (κ3) is 7.39. The van der Waals surface area contributed by atoms with E-state index in [1.54, 1.807) is 6.92 Å². The molecule has 0 aromatic heterocycles. The summed E-state index contributed by atoms with van der Waals surface area (Å²) in [5.74, 6) is -0.374. The Balaban J connectivity index is 0.00000338. The predicted octanol–water partition coefficient (Wildman–Crippen LogP) is 2.87. The quantitative estimate of drug-likeness (QED) is 0.777. The van der Waals surface area contributed by atoms with Gasteiger partial charge in [0.1, 0.15) is 5.75 Å². The number of hydrogen-bond acceptors (Lipinski definition) is 4. The molecule has 0 radical (unpaired) electrons. The van der Waals surface area contributed by atoms with E-state index in [-0.39, 0.29) is 30.1 Å². The lowest BCUT2D eigenvalue weighted by Gasteiger charge is -2.32. The summed E-state index contributed by atoms with van der Waals surface area (Å²) in [7, 11) is 1.92. The zero-order valence-electron chi connectivity index (χ0n) is 14.8. The first kappa shape index (κ1) is 22.5. The van der Waals surface area contributed by atoms with Crippen LogP contribution in [-0.4, -0.2) is 49.9 Å². The summed E-state index contributed by atoms with van der Waals surface area (Å²) in [6.45, 7) is 3.84. The Labute approximate surface area is 157 Å². The van der Waals surface area contributed by atoms with E-state index in [1.165, 1.54) is 24.3 Å². The molecule has 1 fully saturated rings. The van der Waals surface area contributed by atoms with Gasteiger partial charge in [0.2, 0.25) is 5.91 Å². The maximum atomic E-state index is 12.2. The molecule has 1 aliphatic rings. The molecular weight excluding hydrogens is 371 g/mol. The van der Waals surface area contributed by atoms with Crippen LogP contribution in [0.3, 0.4) is 0 Å². The van der Waals surface area contributed by atoms with Crippen molar-refractivity contribution in [3.8, 4) is 5.75 Å². The number of nitrogens with one attached hydrogen (secondary N) is 2. The average molecular weight is 396 g/mol. The van der Waals surface area contributed by atoms with Crippen molar-refractivity contribution in [2.75, 3.05) is 26.7 Å². The van der Waals surface area contributed by atoms with Gasteiger partial charge in [0.05, 0.1) is 12.6 Å². The van der Waals surface area contributed by atoms with Crippen LogP contribution >= 0.6 is 12.4 Å². The number of ether oxygens (including phenoxy) is 1. The first-order valence-corrected chi connectivity index (χ1v) is 8.31. The Morgan fingerprint density at radius 3 is 2.58 bits per heavy atom. The Hall–Kier alpha value is -1.51. The standard InChI is InChI=1S/C17H24F3N3O2.ClH/c1-12(13-5-7-15(8-6-13)25-17(18,19)20)22-16(24)11-23-9-3-4-14(10-23)21-2;/h5-8,12,14,21H,3-4,9-11H2,1-2H3,(H,22,24);1H. The van der Waals surface area contributed by atoms with Crippen molar-refractivity contribution in [2.45, 2.75) is 38.2 Å². The van der Waals surface area contributed by atoms with Gasteiger partial charge >= 0.3 is 6.36 Å². The molecule has 1 aromatic carbocycles. The molecule has 2 rings (SSSR count). The van der Waals surface area contributed by atoms with Gasteiger partial charge in [-0.05, 0) is 51.1 Å². The van der Waals surface area contributed by atoms with Crippen LogP contribution < -0.4 is 15.4 Å². The van der Waals surface area contributed by atoms with Gasteiger partial charge in [0.15, 0.2) is 0 Å². The van der Waals surface area contributed by atoms with Crippen LogP contribution in [0.15, 0.2) is 24.3 Å². The molecule has 1 saturated heterocycles. The first-order chi connectivity index (χ1) is 11.8. The highest BCUT2D eigenvalue weighted by Crippen LogP contribution is 2.24. The van der Waals surface area contributed by atoms with E-state index in [4.69, 9.17) is 0 Å². The van der Waals surface area contributed by atoms with Gasteiger partial charge < -0.3 is 15.4 Å². The third-order valence-corrected chi connectivity index (χ3v) is 4.27. The number of nitrogens with zero attached hydrogens (tertiary/aromatic N) is 1. The number of benzene rings is 1. The molecule has 1 amide bonds. The number of piperidine rings is 1. The summed E-state index contributed by atoms with van der Waals surface area (Å²) in [5, 5.41) is 6.11. The molecule has 1 aliphatic heterocycles.